The first kappa shape index (κ1) is 28.5. The average Bonchev–Trinajstić information content (AvgIpc) is 3.36. The lowest BCUT2D eigenvalue weighted by molar-refractivity contribution is -0.273. The van der Waals surface area contributed by atoms with E-state index in [-0.39, 0.29) is 17.9 Å². The molecule has 4 aliphatic carbocycles. The Morgan fingerprint density at radius 3 is 2.44 bits per heavy atom. The predicted molar refractivity (Wildman–Crippen MR) is 155 cm³/mol. The minimum Gasteiger partial charge on any atom is -0.462 e. The van der Waals surface area contributed by atoms with Crippen LogP contribution in [-0.2, 0) is 19.0 Å². The van der Waals surface area contributed by atoms with Gasteiger partial charge in [-0.2, -0.15) is 0 Å². The molecule has 6 rings (SSSR count). The van der Waals surface area contributed by atoms with Crippen LogP contribution in [0.4, 0.5) is 0 Å². The molecule has 2 heterocycles. The first-order valence-corrected chi connectivity index (χ1v) is 17.2. The van der Waals surface area contributed by atoms with E-state index in [1.807, 2.05) is 0 Å². The molecule has 6 aliphatic rings. The fraction of sp³-hybridized carbons (Fsp3) is 0.971. The highest BCUT2D eigenvalue weighted by Gasteiger charge is 2.69. The maximum absolute atomic E-state index is 12.6. The number of esters is 1. The van der Waals surface area contributed by atoms with E-state index in [0.29, 0.717) is 41.1 Å². The summed E-state index contributed by atoms with van der Waals surface area (Å²) in [5.41, 5.74) is 0.815. The first-order valence-electron chi connectivity index (χ1n) is 17.2. The lowest BCUT2D eigenvalue weighted by Crippen LogP contribution is -2.55. The Bertz CT molecular complexity index is 878. The zero-order chi connectivity index (χ0) is 27.4. The van der Waals surface area contributed by atoms with E-state index >= 15 is 0 Å². The molecule has 0 aromatic rings. The quantitative estimate of drug-likeness (QED) is 0.238. The van der Waals surface area contributed by atoms with Crippen molar-refractivity contribution in [2.75, 3.05) is 6.61 Å². The number of ether oxygens (including phenoxy) is 3. The van der Waals surface area contributed by atoms with Crippen LogP contribution >= 0.6 is 0 Å². The molecule has 4 heteroatoms. The van der Waals surface area contributed by atoms with Gasteiger partial charge in [-0.3, -0.25) is 4.79 Å². The number of fused-ring (bicyclic) bond motifs is 7. The molecule has 0 N–H and O–H groups in total. The monoisotopic (exact) mass is 542 g/mol. The summed E-state index contributed by atoms with van der Waals surface area (Å²) < 4.78 is 19.6. The van der Waals surface area contributed by atoms with E-state index in [1.54, 1.807) is 0 Å². The van der Waals surface area contributed by atoms with Gasteiger partial charge in [-0.1, -0.05) is 60.3 Å². The summed E-state index contributed by atoms with van der Waals surface area (Å²) in [6.07, 6.45) is 19.5. The minimum absolute atomic E-state index is 0.0583. The minimum atomic E-state index is -0.304. The van der Waals surface area contributed by atoms with Crippen LogP contribution in [0.2, 0.25) is 0 Å². The van der Waals surface area contributed by atoms with Crippen LogP contribution < -0.4 is 0 Å². The molecule has 1 spiro atoms. The molecule has 0 radical (unpaired) electrons. The standard InChI is InChI=1S/C35H58O4/c1-6-7-8-9-10-11-31(36)38-26-15-17-33(4)25(20-26)12-13-27-28(33)16-18-34(5)29(27)21-30-32(34)24(3)35(39-30)19-14-23(2)22-37-35/h23-30,32H,6-22H2,1-5H3/t23-,24+,25+,26-,27-,28+,29+,30+,32+,33+,34+,35-/m1/s1. The summed E-state index contributed by atoms with van der Waals surface area (Å²) in [6.45, 7) is 13.2. The first-order chi connectivity index (χ1) is 18.7. The number of carbonyl (C=O) groups excluding carboxylic acids is 1. The van der Waals surface area contributed by atoms with Crippen molar-refractivity contribution in [3.8, 4) is 0 Å². The van der Waals surface area contributed by atoms with Gasteiger partial charge in [0.05, 0.1) is 12.7 Å². The second-order valence-corrected chi connectivity index (χ2v) is 15.7. The SMILES string of the molecule is CCCCCCCC(=O)O[C@@H]1CC[C@@]2(C)[C@@H](CC[C@@H]3[C@@H]2CC[C@]2(C)[C@@H]4[C@H](C[C@@H]32)O[C@]2(CC[C@@H](C)CO2)[C@H]4C)C1. The van der Waals surface area contributed by atoms with Gasteiger partial charge in [0.15, 0.2) is 5.79 Å². The molecule has 4 nitrogen and oxygen atoms in total. The van der Waals surface area contributed by atoms with Gasteiger partial charge < -0.3 is 14.2 Å². The Morgan fingerprint density at radius 2 is 1.67 bits per heavy atom. The molecule has 0 bridgehead atoms. The number of hydrogen-bond acceptors (Lipinski definition) is 4. The van der Waals surface area contributed by atoms with E-state index in [1.165, 1.54) is 64.2 Å². The molecule has 4 saturated carbocycles. The summed E-state index contributed by atoms with van der Waals surface area (Å²) in [5.74, 6) is 4.77. The van der Waals surface area contributed by atoms with Crippen molar-refractivity contribution >= 4 is 5.97 Å². The molecule has 0 amide bonds. The van der Waals surface area contributed by atoms with E-state index in [0.717, 1.165) is 62.4 Å². The highest BCUT2D eigenvalue weighted by atomic mass is 16.7. The normalized spacial score (nSPS) is 50.6. The summed E-state index contributed by atoms with van der Waals surface area (Å²) in [5, 5.41) is 0. The number of rotatable bonds is 7. The van der Waals surface area contributed by atoms with Crippen molar-refractivity contribution in [2.24, 2.45) is 52.3 Å². The molecule has 0 aromatic heterocycles. The largest absolute Gasteiger partial charge is 0.462 e. The van der Waals surface area contributed by atoms with Crippen molar-refractivity contribution in [2.45, 2.75) is 155 Å². The van der Waals surface area contributed by atoms with Gasteiger partial charge in [-0.15, -0.1) is 0 Å². The van der Waals surface area contributed by atoms with E-state index in [4.69, 9.17) is 14.2 Å². The van der Waals surface area contributed by atoms with Crippen LogP contribution in [0.1, 0.15) is 137 Å². The Hall–Kier alpha value is -0.610. The summed E-state index contributed by atoms with van der Waals surface area (Å²) in [4.78, 5) is 12.6. The number of hydrogen-bond donors (Lipinski definition) is 0. The van der Waals surface area contributed by atoms with Crippen molar-refractivity contribution in [3.05, 3.63) is 0 Å². The molecular weight excluding hydrogens is 484 g/mol. The number of carbonyl (C=O) groups is 1. The van der Waals surface area contributed by atoms with Crippen LogP contribution in [0.3, 0.4) is 0 Å². The third kappa shape index (κ3) is 4.84. The Kier molecular flexibility index (Phi) is 7.97. The Morgan fingerprint density at radius 1 is 0.872 bits per heavy atom. The van der Waals surface area contributed by atoms with Crippen molar-refractivity contribution < 1.29 is 19.0 Å². The molecule has 12 atom stereocenters. The van der Waals surface area contributed by atoms with Gasteiger partial charge in [-0.05, 0) is 111 Å². The third-order valence-electron chi connectivity index (χ3n) is 13.7. The highest BCUT2D eigenvalue weighted by Crippen LogP contribution is 2.71. The molecule has 6 fully saturated rings. The second kappa shape index (κ2) is 10.9. The molecular formula is C35H58O4. The highest BCUT2D eigenvalue weighted by molar-refractivity contribution is 5.69. The number of unbranched alkanes of at least 4 members (excludes halogenated alkanes) is 4. The van der Waals surface area contributed by atoms with Gasteiger partial charge in [0, 0.05) is 18.8 Å². The smallest absolute Gasteiger partial charge is 0.306 e. The fourth-order valence-electron chi connectivity index (χ4n) is 11.5. The van der Waals surface area contributed by atoms with Crippen LogP contribution in [0.15, 0.2) is 0 Å². The predicted octanol–water partition coefficient (Wildman–Crippen LogP) is 8.71. The summed E-state index contributed by atoms with van der Waals surface area (Å²) in [7, 11) is 0. The van der Waals surface area contributed by atoms with Gasteiger partial charge in [0.1, 0.15) is 6.10 Å². The third-order valence-corrected chi connectivity index (χ3v) is 13.7. The topological polar surface area (TPSA) is 44.8 Å². The molecule has 222 valence electrons. The van der Waals surface area contributed by atoms with Crippen LogP contribution in [0, 0.1) is 52.3 Å². The van der Waals surface area contributed by atoms with Gasteiger partial charge in [-0.25, -0.2) is 0 Å². The Balaban J connectivity index is 1.07. The van der Waals surface area contributed by atoms with Gasteiger partial charge >= 0.3 is 5.97 Å². The van der Waals surface area contributed by atoms with Crippen molar-refractivity contribution in [1.29, 1.82) is 0 Å². The van der Waals surface area contributed by atoms with Crippen LogP contribution in [0.25, 0.3) is 0 Å². The fourth-order valence-corrected chi connectivity index (χ4v) is 11.5. The Labute approximate surface area is 239 Å². The van der Waals surface area contributed by atoms with E-state index < -0.39 is 0 Å². The van der Waals surface area contributed by atoms with Crippen molar-refractivity contribution in [3.63, 3.8) is 0 Å². The second-order valence-electron chi connectivity index (χ2n) is 15.7. The van der Waals surface area contributed by atoms with E-state index in [2.05, 4.69) is 34.6 Å². The lowest BCUT2D eigenvalue weighted by Gasteiger charge is -2.61. The molecule has 2 saturated heterocycles. The van der Waals surface area contributed by atoms with Crippen LogP contribution in [0.5, 0.6) is 0 Å². The maximum atomic E-state index is 12.6. The van der Waals surface area contributed by atoms with Gasteiger partial charge in [0.25, 0.3) is 0 Å². The molecule has 39 heavy (non-hydrogen) atoms. The summed E-state index contributed by atoms with van der Waals surface area (Å²) in [6, 6.07) is 0. The van der Waals surface area contributed by atoms with Gasteiger partial charge in [0.2, 0.25) is 0 Å². The molecule has 0 aromatic carbocycles. The molecule has 2 aliphatic heterocycles. The zero-order valence-electron chi connectivity index (χ0n) is 25.8. The van der Waals surface area contributed by atoms with Crippen LogP contribution in [-0.4, -0.2) is 30.6 Å². The summed E-state index contributed by atoms with van der Waals surface area (Å²) >= 11 is 0. The maximum Gasteiger partial charge on any atom is 0.306 e. The lowest BCUT2D eigenvalue weighted by atomic mass is 9.44. The van der Waals surface area contributed by atoms with Crippen molar-refractivity contribution in [1.82, 2.24) is 0 Å². The molecule has 0 unspecified atom stereocenters. The van der Waals surface area contributed by atoms with E-state index in [9.17, 15) is 4.79 Å². The average molecular weight is 543 g/mol. The zero-order valence-corrected chi connectivity index (χ0v) is 25.8.